The lowest BCUT2D eigenvalue weighted by Crippen LogP contribution is -2.49. The Morgan fingerprint density at radius 2 is 1.05 bits per heavy atom. The van der Waals surface area contributed by atoms with Gasteiger partial charge in [0.05, 0.1) is 31.8 Å². The molecule has 12 heteroatoms. The summed E-state index contributed by atoms with van der Waals surface area (Å²) in [5.41, 5.74) is -1.47. The van der Waals surface area contributed by atoms with Gasteiger partial charge in [0.1, 0.15) is 0 Å². The van der Waals surface area contributed by atoms with Crippen molar-refractivity contribution in [3.8, 4) is 0 Å². The predicted octanol–water partition coefficient (Wildman–Crippen LogP) is 5.71. The summed E-state index contributed by atoms with van der Waals surface area (Å²) in [5.74, 6) is 1.43. The molecule has 1 unspecified atom stereocenters. The zero-order valence-corrected chi connectivity index (χ0v) is 25.2. The molecule has 10 nitrogen and oxygen atoms in total. The van der Waals surface area contributed by atoms with Crippen LogP contribution in [0.25, 0.3) is 0 Å². The van der Waals surface area contributed by atoms with E-state index in [2.05, 4.69) is 27.7 Å². The summed E-state index contributed by atoms with van der Waals surface area (Å²) in [4.78, 5) is 48.0. The molecule has 0 rings (SSSR count). The van der Waals surface area contributed by atoms with Crippen LogP contribution in [0.15, 0.2) is 0 Å². The molecule has 1 atom stereocenters. The van der Waals surface area contributed by atoms with Gasteiger partial charge in [-0.25, -0.2) is 9.78 Å². The SMILES string of the molecule is CC(C)CCCCCCCOOC(OCCCCCCCC(C)C)C(CO)(COP(O)O)COP(O)O. The van der Waals surface area contributed by atoms with Gasteiger partial charge in [-0.15, -0.1) is 0 Å². The highest BCUT2D eigenvalue weighted by molar-refractivity contribution is 7.39. The molecule has 0 heterocycles. The summed E-state index contributed by atoms with van der Waals surface area (Å²) < 4.78 is 15.8. The fourth-order valence-corrected chi connectivity index (χ4v) is 4.50. The van der Waals surface area contributed by atoms with Crippen LogP contribution in [0, 0.1) is 17.3 Å². The first kappa shape index (κ1) is 37.5. The average molecular weight is 577 g/mol. The highest BCUT2D eigenvalue weighted by atomic mass is 31.2. The molecule has 0 saturated heterocycles. The van der Waals surface area contributed by atoms with Crippen LogP contribution in [0.4, 0.5) is 0 Å². The van der Waals surface area contributed by atoms with E-state index in [1.54, 1.807) is 0 Å². The van der Waals surface area contributed by atoms with Gasteiger partial charge in [0.15, 0.2) is 0 Å². The van der Waals surface area contributed by atoms with Crippen molar-refractivity contribution in [1.29, 1.82) is 0 Å². The summed E-state index contributed by atoms with van der Waals surface area (Å²) in [7, 11) is -5.44. The highest BCUT2D eigenvalue weighted by Gasteiger charge is 2.44. The zero-order chi connectivity index (χ0) is 27.9. The quantitative estimate of drug-likeness (QED) is 0.0271. The van der Waals surface area contributed by atoms with Gasteiger partial charge in [-0.3, -0.25) is 0 Å². The van der Waals surface area contributed by atoms with E-state index in [0.717, 1.165) is 50.9 Å². The standard InChI is InChI=1S/C25H54O10P2/c1-22(2)15-11-7-5-9-13-17-31-24(35-32-18-14-10-6-8-12-16-23(3)4)25(19-26,20-33-36(27)28)21-34-37(29)30/h22-24,26-30H,5-21H2,1-4H3. The Kier molecular flexibility index (Phi) is 24.6. The Morgan fingerprint density at radius 1 is 0.622 bits per heavy atom. The second kappa shape index (κ2) is 24.3. The molecule has 0 radical (unpaired) electrons. The van der Waals surface area contributed by atoms with E-state index in [1.165, 1.54) is 32.1 Å². The van der Waals surface area contributed by atoms with E-state index in [4.69, 9.17) is 23.6 Å². The number of hydrogen-bond acceptors (Lipinski definition) is 10. The minimum absolute atomic E-state index is 0.315. The second-order valence-electron chi connectivity index (χ2n) is 10.6. The molecule has 0 aliphatic rings. The highest BCUT2D eigenvalue weighted by Crippen LogP contribution is 2.37. The first-order valence-corrected chi connectivity index (χ1v) is 16.1. The van der Waals surface area contributed by atoms with Crippen LogP contribution in [-0.2, 0) is 23.6 Å². The number of rotatable bonds is 27. The monoisotopic (exact) mass is 576 g/mol. The smallest absolute Gasteiger partial charge is 0.327 e. The number of hydrogen-bond donors (Lipinski definition) is 5. The summed E-state index contributed by atoms with van der Waals surface area (Å²) in [6.45, 7) is 8.11. The van der Waals surface area contributed by atoms with Crippen LogP contribution < -0.4 is 0 Å². The van der Waals surface area contributed by atoms with Crippen LogP contribution in [-0.4, -0.2) is 64.0 Å². The van der Waals surface area contributed by atoms with E-state index in [9.17, 15) is 24.7 Å². The van der Waals surface area contributed by atoms with Crippen LogP contribution in [0.2, 0.25) is 0 Å². The molecule has 224 valence electrons. The van der Waals surface area contributed by atoms with E-state index >= 15 is 0 Å². The third-order valence-electron chi connectivity index (χ3n) is 6.11. The summed E-state index contributed by atoms with van der Waals surface area (Å²) in [6.07, 6.45) is 11.8. The molecular formula is C25H54O10P2. The number of unbranched alkanes of at least 4 members (excludes halogenated alkanes) is 8. The van der Waals surface area contributed by atoms with Crippen molar-refractivity contribution < 1.29 is 48.2 Å². The van der Waals surface area contributed by atoms with Crippen molar-refractivity contribution in [2.45, 2.75) is 111 Å². The molecule has 37 heavy (non-hydrogen) atoms. The summed E-state index contributed by atoms with van der Waals surface area (Å²) in [5, 5.41) is 10.2. The Bertz CT molecular complexity index is 486. The Hall–Kier alpha value is 0.460. The average Bonchev–Trinajstić information content (AvgIpc) is 2.83. The molecule has 0 amide bonds. The van der Waals surface area contributed by atoms with E-state index in [1.807, 2.05) is 0 Å². The van der Waals surface area contributed by atoms with Gasteiger partial charge in [0.25, 0.3) is 0 Å². The molecule has 0 fully saturated rings. The van der Waals surface area contributed by atoms with Gasteiger partial charge in [0.2, 0.25) is 6.29 Å². The molecule has 0 aliphatic heterocycles. The minimum Gasteiger partial charge on any atom is -0.395 e. The first-order valence-electron chi connectivity index (χ1n) is 13.7. The van der Waals surface area contributed by atoms with E-state index in [0.29, 0.717) is 19.1 Å². The van der Waals surface area contributed by atoms with Crippen LogP contribution >= 0.6 is 17.2 Å². The van der Waals surface area contributed by atoms with E-state index in [-0.39, 0.29) is 0 Å². The van der Waals surface area contributed by atoms with Crippen LogP contribution in [0.3, 0.4) is 0 Å². The Balaban J connectivity index is 4.83. The number of aliphatic hydroxyl groups is 1. The maximum atomic E-state index is 10.2. The van der Waals surface area contributed by atoms with Gasteiger partial charge in [-0.2, -0.15) is 0 Å². The van der Waals surface area contributed by atoms with Crippen molar-refractivity contribution in [3.63, 3.8) is 0 Å². The van der Waals surface area contributed by atoms with Crippen molar-refractivity contribution in [3.05, 3.63) is 0 Å². The van der Waals surface area contributed by atoms with Crippen molar-refractivity contribution in [2.24, 2.45) is 17.3 Å². The third-order valence-corrected chi connectivity index (χ3v) is 6.83. The maximum absolute atomic E-state index is 10.2. The lowest BCUT2D eigenvalue weighted by Gasteiger charge is -2.37. The van der Waals surface area contributed by atoms with Crippen molar-refractivity contribution in [1.82, 2.24) is 0 Å². The molecular weight excluding hydrogens is 522 g/mol. The normalized spacial score (nSPS) is 13.5. The molecule has 0 saturated carbocycles. The number of ether oxygens (including phenoxy) is 1. The van der Waals surface area contributed by atoms with Crippen LogP contribution in [0.5, 0.6) is 0 Å². The van der Waals surface area contributed by atoms with Gasteiger partial charge in [-0.1, -0.05) is 91.9 Å². The molecule has 0 bridgehead atoms. The Labute approximate surface area is 226 Å². The maximum Gasteiger partial charge on any atom is 0.327 e. The molecule has 0 spiro atoms. The lowest BCUT2D eigenvalue weighted by molar-refractivity contribution is -0.410. The van der Waals surface area contributed by atoms with Crippen molar-refractivity contribution in [2.75, 3.05) is 33.0 Å². The fourth-order valence-electron chi connectivity index (χ4n) is 3.75. The topological polar surface area (TPSA) is 147 Å². The zero-order valence-electron chi connectivity index (χ0n) is 23.4. The lowest BCUT2D eigenvalue weighted by atomic mass is 9.90. The van der Waals surface area contributed by atoms with Crippen LogP contribution in [0.1, 0.15) is 105 Å². The van der Waals surface area contributed by atoms with Gasteiger partial charge in [0, 0.05) is 6.61 Å². The molecule has 5 N–H and O–H groups in total. The molecule has 0 aromatic rings. The van der Waals surface area contributed by atoms with Crippen molar-refractivity contribution >= 4 is 17.2 Å². The van der Waals surface area contributed by atoms with Gasteiger partial charge in [-0.05, 0) is 24.7 Å². The molecule has 0 aliphatic carbocycles. The summed E-state index contributed by atoms with van der Waals surface area (Å²) in [6, 6.07) is 0. The Morgan fingerprint density at radius 3 is 1.49 bits per heavy atom. The summed E-state index contributed by atoms with van der Waals surface area (Å²) >= 11 is 0. The third kappa shape index (κ3) is 21.9. The predicted molar refractivity (Wildman–Crippen MR) is 146 cm³/mol. The fraction of sp³-hybridized carbons (Fsp3) is 1.00. The van der Waals surface area contributed by atoms with Gasteiger partial charge < -0.3 is 38.5 Å². The minimum atomic E-state index is -2.72. The number of aliphatic hydroxyl groups excluding tert-OH is 1. The van der Waals surface area contributed by atoms with Gasteiger partial charge >= 0.3 is 17.2 Å². The van der Waals surface area contributed by atoms with E-state index < -0.39 is 48.7 Å². The second-order valence-corrected chi connectivity index (χ2v) is 12.1. The largest absolute Gasteiger partial charge is 0.395 e. The molecule has 0 aromatic carbocycles. The first-order chi connectivity index (χ1) is 17.6. The molecule has 0 aromatic heterocycles.